The van der Waals surface area contributed by atoms with E-state index in [4.69, 9.17) is 0 Å². The highest BCUT2D eigenvalue weighted by Gasteiger charge is 2.28. The molecule has 136 valence electrons. The Morgan fingerprint density at radius 3 is 2.68 bits per heavy atom. The van der Waals surface area contributed by atoms with Crippen molar-refractivity contribution in [3.8, 4) is 0 Å². The van der Waals surface area contributed by atoms with Crippen LogP contribution < -0.4 is 4.72 Å². The largest absolute Gasteiger partial charge is 0.313 e. The van der Waals surface area contributed by atoms with Gasteiger partial charge in [0.25, 0.3) is 10.2 Å². The summed E-state index contributed by atoms with van der Waals surface area (Å²) in [6.45, 7) is 4.28. The van der Waals surface area contributed by atoms with Gasteiger partial charge in [-0.25, -0.2) is 0 Å². The molecular weight excluding hydrogens is 338 g/mol. The third kappa shape index (κ3) is 4.08. The van der Waals surface area contributed by atoms with E-state index in [0.29, 0.717) is 13.0 Å². The van der Waals surface area contributed by atoms with Crippen LogP contribution in [0.2, 0.25) is 0 Å². The Kier molecular flexibility index (Phi) is 5.21. The Morgan fingerprint density at radius 1 is 1.28 bits per heavy atom. The number of aromatic nitrogens is 3. The minimum atomic E-state index is -3.49. The van der Waals surface area contributed by atoms with Crippen LogP contribution in [-0.4, -0.2) is 46.6 Å². The van der Waals surface area contributed by atoms with Crippen LogP contribution in [-0.2, 0) is 29.6 Å². The zero-order chi connectivity index (χ0) is 18.0. The molecule has 8 heteroatoms. The van der Waals surface area contributed by atoms with Gasteiger partial charge in [0.05, 0.1) is 0 Å². The van der Waals surface area contributed by atoms with Gasteiger partial charge in [-0.1, -0.05) is 30.3 Å². The maximum atomic E-state index is 12.4. The molecule has 1 N–H and O–H groups in total. The molecule has 1 aromatic heterocycles. The number of aryl methyl sites for hydroxylation is 1. The van der Waals surface area contributed by atoms with Gasteiger partial charge < -0.3 is 4.57 Å². The molecule has 0 spiro atoms. The SMILES string of the molecule is CC(C)N(C)S(=O)(=O)NC1CCc2nnc(Cc3ccccc3)n2C1. The summed E-state index contributed by atoms with van der Waals surface area (Å²) in [6.07, 6.45) is 2.15. The number of hydrogen-bond donors (Lipinski definition) is 1. The molecular formula is C17H25N5O2S. The van der Waals surface area contributed by atoms with Crippen LogP contribution in [0.15, 0.2) is 30.3 Å². The van der Waals surface area contributed by atoms with Crippen LogP contribution in [0.4, 0.5) is 0 Å². The predicted molar refractivity (Wildman–Crippen MR) is 96.3 cm³/mol. The monoisotopic (exact) mass is 363 g/mol. The highest BCUT2D eigenvalue weighted by atomic mass is 32.2. The van der Waals surface area contributed by atoms with Crippen molar-refractivity contribution in [3.63, 3.8) is 0 Å². The van der Waals surface area contributed by atoms with Gasteiger partial charge >= 0.3 is 0 Å². The number of nitrogens with one attached hydrogen (secondary N) is 1. The lowest BCUT2D eigenvalue weighted by Gasteiger charge is -2.28. The van der Waals surface area contributed by atoms with Crippen molar-refractivity contribution in [3.05, 3.63) is 47.5 Å². The Balaban J connectivity index is 1.74. The zero-order valence-corrected chi connectivity index (χ0v) is 15.7. The maximum Gasteiger partial charge on any atom is 0.279 e. The van der Waals surface area contributed by atoms with E-state index in [0.717, 1.165) is 24.5 Å². The first-order chi connectivity index (χ1) is 11.9. The number of fused-ring (bicyclic) bond motifs is 1. The van der Waals surface area contributed by atoms with Crippen LogP contribution in [0.25, 0.3) is 0 Å². The van der Waals surface area contributed by atoms with Crippen molar-refractivity contribution >= 4 is 10.2 Å². The van der Waals surface area contributed by atoms with Crippen molar-refractivity contribution in [1.82, 2.24) is 23.8 Å². The smallest absolute Gasteiger partial charge is 0.279 e. The van der Waals surface area contributed by atoms with Crippen LogP contribution >= 0.6 is 0 Å². The lowest BCUT2D eigenvalue weighted by molar-refractivity contribution is 0.371. The first kappa shape index (κ1) is 18.0. The quantitative estimate of drug-likeness (QED) is 0.840. The molecule has 0 bridgehead atoms. The van der Waals surface area contributed by atoms with E-state index >= 15 is 0 Å². The number of nitrogens with zero attached hydrogens (tertiary/aromatic N) is 4. The first-order valence-corrected chi connectivity index (χ1v) is 10.0. The van der Waals surface area contributed by atoms with Gasteiger partial charge in [0.1, 0.15) is 11.6 Å². The topological polar surface area (TPSA) is 80.1 Å². The zero-order valence-electron chi connectivity index (χ0n) is 14.9. The van der Waals surface area contributed by atoms with E-state index in [2.05, 4.69) is 31.6 Å². The van der Waals surface area contributed by atoms with Gasteiger partial charge in [-0.15, -0.1) is 10.2 Å². The highest BCUT2D eigenvalue weighted by Crippen LogP contribution is 2.18. The first-order valence-electron chi connectivity index (χ1n) is 8.57. The van der Waals surface area contributed by atoms with E-state index in [1.165, 1.54) is 9.87 Å². The summed E-state index contributed by atoms with van der Waals surface area (Å²) in [6, 6.07) is 9.87. The fourth-order valence-corrected chi connectivity index (χ4v) is 4.29. The van der Waals surface area contributed by atoms with Crippen molar-refractivity contribution < 1.29 is 8.42 Å². The maximum absolute atomic E-state index is 12.4. The molecule has 1 aliphatic heterocycles. The summed E-state index contributed by atoms with van der Waals surface area (Å²) in [5.74, 6) is 1.81. The van der Waals surface area contributed by atoms with E-state index in [1.54, 1.807) is 7.05 Å². The Labute approximate surface area is 149 Å². The molecule has 0 aliphatic carbocycles. The fourth-order valence-electron chi connectivity index (χ4n) is 2.96. The molecule has 2 heterocycles. The lowest BCUT2D eigenvalue weighted by Crippen LogP contribution is -2.48. The number of benzene rings is 1. The molecule has 0 saturated carbocycles. The van der Waals surface area contributed by atoms with Crippen molar-refractivity contribution in [2.45, 2.75) is 51.7 Å². The molecule has 1 atom stereocenters. The average Bonchev–Trinajstić information content (AvgIpc) is 2.97. The molecule has 7 nitrogen and oxygen atoms in total. The van der Waals surface area contributed by atoms with E-state index in [9.17, 15) is 8.42 Å². The molecule has 1 unspecified atom stereocenters. The van der Waals surface area contributed by atoms with Crippen LogP contribution in [0.1, 0.15) is 37.5 Å². The summed E-state index contributed by atoms with van der Waals surface area (Å²) in [5.41, 5.74) is 1.17. The summed E-state index contributed by atoms with van der Waals surface area (Å²) < 4.78 is 31.1. The Morgan fingerprint density at radius 2 is 2.00 bits per heavy atom. The second-order valence-electron chi connectivity index (χ2n) is 6.77. The van der Waals surface area contributed by atoms with Crippen LogP contribution in [0, 0.1) is 0 Å². The molecule has 3 rings (SSSR count). The minimum Gasteiger partial charge on any atom is -0.313 e. The van der Waals surface area contributed by atoms with Gasteiger partial charge in [0.2, 0.25) is 0 Å². The Hall–Kier alpha value is -1.77. The molecule has 1 aromatic carbocycles. The van der Waals surface area contributed by atoms with Gasteiger partial charge in [0, 0.05) is 38.5 Å². The van der Waals surface area contributed by atoms with Crippen molar-refractivity contribution in [1.29, 1.82) is 0 Å². The molecule has 0 saturated heterocycles. The molecule has 0 radical (unpaired) electrons. The number of rotatable bonds is 6. The molecule has 0 amide bonds. The summed E-state index contributed by atoms with van der Waals surface area (Å²) in [4.78, 5) is 0. The van der Waals surface area contributed by atoms with Gasteiger partial charge in [-0.05, 0) is 25.8 Å². The van der Waals surface area contributed by atoms with Gasteiger partial charge in [-0.3, -0.25) is 0 Å². The second kappa shape index (κ2) is 7.23. The molecule has 0 fully saturated rings. The van der Waals surface area contributed by atoms with Crippen LogP contribution in [0.5, 0.6) is 0 Å². The predicted octanol–water partition coefficient (Wildman–Crippen LogP) is 1.36. The lowest BCUT2D eigenvalue weighted by atomic mass is 10.1. The summed E-state index contributed by atoms with van der Waals surface area (Å²) >= 11 is 0. The molecule has 2 aromatic rings. The highest BCUT2D eigenvalue weighted by molar-refractivity contribution is 7.87. The van der Waals surface area contributed by atoms with Gasteiger partial charge in [-0.2, -0.15) is 17.4 Å². The van der Waals surface area contributed by atoms with E-state index < -0.39 is 10.2 Å². The van der Waals surface area contributed by atoms with Crippen molar-refractivity contribution in [2.75, 3.05) is 7.05 Å². The normalized spacial score (nSPS) is 17.9. The summed E-state index contributed by atoms with van der Waals surface area (Å²) in [5, 5.41) is 8.59. The van der Waals surface area contributed by atoms with E-state index in [-0.39, 0.29) is 12.1 Å². The van der Waals surface area contributed by atoms with Crippen molar-refractivity contribution in [2.24, 2.45) is 0 Å². The van der Waals surface area contributed by atoms with Gasteiger partial charge in [0.15, 0.2) is 0 Å². The third-order valence-electron chi connectivity index (χ3n) is 4.65. The third-order valence-corrected chi connectivity index (χ3v) is 6.46. The second-order valence-corrected chi connectivity index (χ2v) is 8.54. The minimum absolute atomic E-state index is 0.0831. The standard InChI is InChI=1S/C17H25N5O2S/c1-13(2)21(3)25(23,24)20-15-9-10-16-18-19-17(22(16)12-15)11-14-7-5-4-6-8-14/h4-8,13,15,20H,9-12H2,1-3H3. The van der Waals surface area contributed by atoms with E-state index in [1.807, 2.05) is 32.0 Å². The summed E-state index contributed by atoms with van der Waals surface area (Å²) in [7, 11) is -1.89. The fraction of sp³-hybridized carbons (Fsp3) is 0.529. The molecule has 25 heavy (non-hydrogen) atoms. The average molecular weight is 363 g/mol. The molecule has 1 aliphatic rings. The van der Waals surface area contributed by atoms with Crippen LogP contribution in [0.3, 0.4) is 0 Å². The Bertz CT molecular complexity index is 817. The number of hydrogen-bond acceptors (Lipinski definition) is 4.